The van der Waals surface area contributed by atoms with Gasteiger partial charge in [0.15, 0.2) is 0 Å². The van der Waals surface area contributed by atoms with Crippen LogP contribution in [0.2, 0.25) is 0 Å². The van der Waals surface area contributed by atoms with Gasteiger partial charge in [-0.3, -0.25) is 0 Å². The maximum Gasteiger partial charge on any atom is 0.276 e. The van der Waals surface area contributed by atoms with Crippen molar-refractivity contribution in [3.63, 3.8) is 0 Å². The Morgan fingerprint density at radius 2 is 1.00 bits per heavy atom. The fourth-order valence-electron chi connectivity index (χ4n) is 1.17. The number of halogens is 1. The van der Waals surface area contributed by atoms with E-state index in [1.165, 1.54) is 0 Å². The van der Waals surface area contributed by atoms with E-state index in [-0.39, 0.29) is 12.4 Å². The van der Waals surface area contributed by atoms with E-state index in [9.17, 15) is 0 Å². The molecular weight excluding hydrogens is 265 g/mol. The van der Waals surface area contributed by atoms with Gasteiger partial charge in [-0.1, -0.05) is 15.6 Å². The van der Waals surface area contributed by atoms with Crippen molar-refractivity contribution in [1.82, 2.24) is 44.3 Å². The van der Waals surface area contributed by atoms with E-state index in [1.54, 1.807) is 50.5 Å². The molecule has 88 valence electrons. The molecule has 3 heterocycles. The van der Waals surface area contributed by atoms with E-state index < -0.39 is 8.37 Å². The van der Waals surface area contributed by atoms with Crippen LogP contribution in [0.1, 0.15) is 0 Å². The Kier molecular flexibility index (Phi) is 3.40. The fraction of sp³-hybridized carbons (Fsp3) is 0. The van der Waals surface area contributed by atoms with Gasteiger partial charge < -0.3 is 0 Å². The molecule has 0 saturated heterocycles. The summed E-state index contributed by atoms with van der Waals surface area (Å²) in [6.07, 6.45) is 10.0. The first-order valence-corrected chi connectivity index (χ1v) is 5.55. The summed E-state index contributed by atoms with van der Waals surface area (Å²) in [4.78, 5) is 0. The molecule has 3 rings (SSSR count). The predicted octanol–water partition coefficient (Wildman–Crippen LogP) is 0.0545. The number of aromatic nitrogens is 9. The van der Waals surface area contributed by atoms with E-state index in [2.05, 4.69) is 30.9 Å². The molecule has 0 radical (unpaired) electrons. The lowest BCUT2D eigenvalue weighted by Gasteiger charge is -2.13. The minimum atomic E-state index is -1.11. The van der Waals surface area contributed by atoms with Crippen molar-refractivity contribution >= 4 is 20.8 Å². The molecule has 0 unspecified atom stereocenters. The van der Waals surface area contributed by atoms with Crippen LogP contribution in [-0.2, 0) is 0 Å². The van der Waals surface area contributed by atoms with Crippen molar-refractivity contribution in [2.45, 2.75) is 0 Å². The van der Waals surface area contributed by atoms with Crippen LogP contribution in [0.5, 0.6) is 0 Å². The Balaban J connectivity index is 0.00000108. The smallest absolute Gasteiger partial charge is 0.189 e. The summed E-state index contributed by atoms with van der Waals surface area (Å²) in [6.45, 7) is 0. The highest BCUT2D eigenvalue weighted by Gasteiger charge is 2.18. The van der Waals surface area contributed by atoms with Crippen LogP contribution in [0.3, 0.4) is 0 Å². The van der Waals surface area contributed by atoms with Crippen molar-refractivity contribution in [2.24, 2.45) is 0 Å². The third kappa shape index (κ3) is 2.15. The summed E-state index contributed by atoms with van der Waals surface area (Å²) in [5.74, 6) is 0. The van der Waals surface area contributed by atoms with E-state index >= 15 is 0 Å². The second-order valence-corrected chi connectivity index (χ2v) is 4.50. The zero-order chi connectivity index (χ0) is 10.8. The largest absolute Gasteiger partial charge is 0.276 e. The number of rotatable bonds is 3. The molecule has 0 aromatic carbocycles. The molecule has 0 amide bonds. The zero-order valence-corrected chi connectivity index (χ0v) is 10.1. The van der Waals surface area contributed by atoms with Crippen LogP contribution in [-0.4, -0.2) is 44.3 Å². The molecule has 17 heavy (non-hydrogen) atoms. The summed E-state index contributed by atoms with van der Waals surface area (Å²) in [6, 6.07) is 0. The molecular formula is C6H7ClN9P. The molecule has 0 aliphatic carbocycles. The van der Waals surface area contributed by atoms with Gasteiger partial charge in [-0.05, 0) is 0 Å². The molecule has 0 N–H and O–H groups in total. The zero-order valence-electron chi connectivity index (χ0n) is 8.34. The Bertz CT molecular complexity index is 451. The third-order valence-electron chi connectivity index (χ3n) is 1.78. The first-order chi connectivity index (χ1) is 7.95. The minimum Gasteiger partial charge on any atom is -0.189 e. The monoisotopic (exact) mass is 271 g/mol. The Hall–Kier alpha value is -1.86. The molecule has 9 nitrogen and oxygen atoms in total. The van der Waals surface area contributed by atoms with Crippen LogP contribution in [0.25, 0.3) is 0 Å². The van der Waals surface area contributed by atoms with Gasteiger partial charge in [0.2, 0.25) is 0 Å². The molecule has 11 heteroatoms. The van der Waals surface area contributed by atoms with Crippen LogP contribution in [0.4, 0.5) is 0 Å². The number of nitrogens with zero attached hydrogens (tertiary/aromatic N) is 9. The highest BCUT2D eigenvalue weighted by molar-refractivity contribution is 7.52. The molecule has 3 aromatic rings. The van der Waals surface area contributed by atoms with Gasteiger partial charge in [-0.25, -0.2) is 0 Å². The van der Waals surface area contributed by atoms with E-state index in [0.29, 0.717) is 0 Å². The molecule has 3 aromatic heterocycles. The Morgan fingerprint density at radius 1 is 0.647 bits per heavy atom. The molecule has 0 atom stereocenters. The molecule has 0 fully saturated rings. The van der Waals surface area contributed by atoms with Crippen molar-refractivity contribution < 1.29 is 0 Å². The van der Waals surface area contributed by atoms with E-state index in [4.69, 9.17) is 0 Å². The summed E-state index contributed by atoms with van der Waals surface area (Å²) in [7, 11) is -1.11. The summed E-state index contributed by atoms with van der Waals surface area (Å²) in [5, 5.41) is 23.1. The number of hydrogen-bond acceptors (Lipinski definition) is 6. The summed E-state index contributed by atoms with van der Waals surface area (Å²) >= 11 is 0. The SMILES string of the molecule is Cl.c1cn(P(n2ccnn2)n2ccnn2)nn1. The maximum atomic E-state index is 3.95. The highest BCUT2D eigenvalue weighted by Crippen LogP contribution is 2.36. The molecule has 0 aliphatic rings. The maximum absolute atomic E-state index is 3.95. The second kappa shape index (κ2) is 4.98. The van der Waals surface area contributed by atoms with Gasteiger partial charge in [-0.2, -0.15) is 13.4 Å². The van der Waals surface area contributed by atoms with Crippen LogP contribution in [0.15, 0.2) is 37.2 Å². The van der Waals surface area contributed by atoms with Crippen LogP contribution in [0, 0.1) is 0 Å². The average Bonchev–Trinajstić information content (AvgIpc) is 3.02. The summed E-state index contributed by atoms with van der Waals surface area (Å²) in [5.41, 5.74) is 0. The first kappa shape index (κ1) is 11.6. The molecule has 0 aliphatic heterocycles. The van der Waals surface area contributed by atoms with Crippen molar-refractivity contribution in [3.05, 3.63) is 37.2 Å². The molecule has 0 saturated carbocycles. The normalized spacial score (nSPS) is 10.4. The van der Waals surface area contributed by atoms with Crippen molar-refractivity contribution in [1.29, 1.82) is 0 Å². The van der Waals surface area contributed by atoms with Gasteiger partial charge >= 0.3 is 0 Å². The number of hydrogen-bond donors (Lipinski definition) is 0. The second-order valence-electron chi connectivity index (χ2n) is 2.74. The van der Waals surface area contributed by atoms with Gasteiger partial charge in [-0.15, -0.1) is 27.7 Å². The lowest BCUT2D eigenvalue weighted by atomic mass is 11.0. The highest BCUT2D eigenvalue weighted by atomic mass is 35.5. The van der Waals surface area contributed by atoms with E-state index in [1.807, 2.05) is 0 Å². The van der Waals surface area contributed by atoms with Crippen LogP contribution >= 0.6 is 20.8 Å². The minimum absolute atomic E-state index is 0. The predicted molar refractivity (Wildman–Crippen MR) is 60.4 cm³/mol. The van der Waals surface area contributed by atoms with E-state index in [0.717, 1.165) is 0 Å². The van der Waals surface area contributed by atoms with Gasteiger partial charge in [0.05, 0.1) is 37.2 Å². The molecule has 0 bridgehead atoms. The van der Waals surface area contributed by atoms with Crippen molar-refractivity contribution in [3.8, 4) is 0 Å². The Morgan fingerprint density at radius 3 is 1.24 bits per heavy atom. The fourth-order valence-corrected chi connectivity index (χ4v) is 2.63. The first-order valence-electron chi connectivity index (χ1n) is 4.35. The lowest BCUT2D eigenvalue weighted by molar-refractivity contribution is 0.764. The lowest BCUT2D eigenvalue weighted by Crippen LogP contribution is -2.11. The van der Waals surface area contributed by atoms with Gasteiger partial charge in [0.25, 0.3) is 8.37 Å². The Labute approximate surface area is 103 Å². The standard InChI is InChI=1S/C6H6N9P.ClH/c1-4-13(10-7-1)16(14-5-2-8-11-14)15-6-3-9-12-15;/h1-6H;1H. The van der Waals surface area contributed by atoms with Gasteiger partial charge in [0.1, 0.15) is 0 Å². The van der Waals surface area contributed by atoms with Crippen molar-refractivity contribution in [2.75, 3.05) is 0 Å². The topological polar surface area (TPSA) is 92.1 Å². The average molecular weight is 272 g/mol. The quantitative estimate of drug-likeness (QED) is 0.625. The van der Waals surface area contributed by atoms with Crippen LogP contribution < -0.4 is 0 Å². The summed E-state index contributed by atoms with van der Waals surface area (Å²) < 4.78 is 5.00. The third-order valence-corrected chi connectivity index (χ3v) is 3.52. The van der Waals surface area contributed by atoms with Gasteiger partial charge in [0, 0.05) is 0 Å². The molecule has 0 spiro atoms.